The number of carbonyl (C=O) groups is 2. The Morgan fingerprint density at radius 2 is 0.949 bits per heavy atom. The van der Waals surface area contributed by atoms with E-state index in [-0.39, 0.29) is 43.5 Å². The first-order valence-electron chi connectivity index (χ1n) is 24.6. The molecule has 4 aromatic rings. The molecular weight excluding hydrogens is 1090 g/mol. The molecule has 0 aliphatic carbocycles. The van der Waals surface area contributed by atoms with Crippen LogP contribution in [0.15, 0.2) is 117 Å². The molecule has 1 heterocycles. The Bertz CT molecular complexity index is 2570. The average molecular weight is 1170 g/mol. The number of nitrogens with two attached hydrogens (primary N) is 1. The molecule has 27 heteroatoms. The number of benzene rings is 4. The molecule has 436 valence electrons. The number of ether oxygens (including phenoxy) is 2. The molecular formula is C51H77N7O16S4. The van der Waals surface area contributed by atoms with E-state index in [0.29, 0.717) is 45.9 Å². The van der Waals surface area contributed by atoms with Crippen molar-refractivity contribution in [1.82, 2.24) is 20.9 Å². The number of carbonyl (C=O) groups excluding carboxylic acids is 2. The summed E-state index contributed by atoms with van der Waals surface area (Å²) in [5, 5.41) is 23.0. The van der Waals surface area contributed by atoms with Gasteiger partial charge in [0.2, 0.25) is 5.91 Å². The second-order valence-electron chi connectivity index (χ2n) is 17.6. The van der Waals surface area contributed by atoms with Crippen molar-refractivity contribution in [2.45, 2.75) is 111 Å². The van der Waals surface area contributed by atoms with Crippen LogP contribution in [0.4, 0.5) is 0 Å². The van der Waals surface area contributed by atoms with E-state index >= 15 is 0 Å². The van der Waals surface area contributed by atoms with Crippen LogP contribution in [0.1, 0.15) is 67.7 Å². The Hall–Kier alpha value is -5.40. The number of hydrogen-bond donors (Lipinski definition) is 10. The number of nitrogens with one attached hydrogen (secondary N) is 5. The van der Waals surface area contributed by atoms with E-state index < -0.39 is 46.5 Å². The van der Waals surface area contributed by atoms with Gasteiger partial charge in [0.1, 0.15) is 6.04 Å². The minimum absolute atomic E-state index is 0.0666. The first kappa shape index (κ1) is 70.6. The molecule has 23 nitrogen and oxygen atoms in total. The number of rotatable bonds is 27. The molecule has 11 N–H and O–H groups in total. The van der Waals surface area contributed by atoms with Gasteiger partial charge in [-0.1, -0.05) is 83.6 Å². The number of amides is 1. The van der Waals surface area contributed by atoms with Crippen molar-refractivity contribution in [3.8, 4) is 0 Å². The Balaban J connectivity index is 0.000000557. The lowest BCUT2D eigenvalue weighted by Crippen LogP contribution is -2.42. The van der Waals surface area contributed by atoms with Gasteiger partial charge in [0.25, 0.3) is 40.5 Å². The van der Waals surface area contributed by atoms with Gasteiger partial charge in [0, 0.05) is 44.7 Å². The lowest BCUT2D eigenvalue weighted by Gasteiger charge is -2.18. The first-order chi connectivity index (χ1) is 36.5. The lowest BCUT2D eigenvalue weighted by atomic mass is 10.1. The Kier molecular flexibility index (Phi) is 33.2. The Morgan fingerprint density at radius 3 is 1.27 bits per heavy atom. The van der Waals surface area contributed by atoms with E-state index in [4.69, 9.17) is 44.2 Å². The van der Waals surface area contributed by atoms with Crippen LogP contribution in [0.5, 0.6) is 0 Å². The normalized spacial score (nSPS) is 14.6. The van der Waals surface area contributed by atoms with Gasteiger partial charge in [-0.15, -0.1) is 0 Å². The third-order valence-electron chi connectivity index (χ3n) is 10.9. The number of unbranched alkanes of at least 4 members (excludes halogenated alkanes) is 2. The van der Waals surface area contributed by atoms with Crippen LogP contribution in [-0.4, -0.2) is 158 Å². The number of nitrogens with zero attached hydrogens (tertiary/aromatic N) is 1. The van der Waals surface area contributed by atoms with E-state index in [2.05, 4.69) is 20.9 Å². The van der Waals surface area contributed by atoms with Crippen molar-refractivity contribution < 1.29 is 70.9 Å². The molecule has 0 saturated carbocycles. The number of aryl methyl sites for hydroxylation is 4. The molecule has 1 amide bonds. The van der Waals surface area contributed by atoms with Crippen LogP contribution in [0, 0.1) is 38.5 Å². The summed E-state index contributed by atoms with van der Waals surface area (Å²) >= 11 is 0. The highest BCUT2D eigenvalue weighted by atomic mass is 32.2. The fourth-order valence-corrected chi connectivity index (χ4v) is 8.42. The third kappa shape index (κ3) is 31.9. The van der Waals surface area contributed by atoms with E-state index in [1.54, 1.807) is 48.5 Å². The summed E-state index contributed by atoms with van der Waals surface area (Å²) in [7, 11) is -16.1. The summed E-state index contributed by atoms with van der Waals surface area (Å²) < 4.78 is 129. The largest absolute Gasteiger partial charge is 0.465 e. The molecule has 0 bridgehead atoms. The molecule has 1 fully saturated rings. The third-order valence-corrected chi connectivity index (χ3v) is 14.3. The SMILES string of the molecule is CCOC(=O)C(CCCCNCC=N)N1CC1COCCNC(=O)C(N)CCCCNCC=N.Cc1ccc(S(=O)(=O)O)cc1.Cc1ccc(S(=O)(=O)O)cc1.Cc1ccc(S(=O)(=O)O)cc1.Cc1ccc(S(=O)(=O)O)cc1. The molecule has 78 heavy (non-hydrogen) atoms. The summed E-state index contributed by atoms with van der Waals surface area (Å²) in [4.78, 5) is 26.3. The maximum atomic E-state index is 12.4. The molecule has 5 rings (SSSR count). The van der Waals surface area contributed by atoms with Crippen molar-refractivity contribution in [1.29, 1.82) is 10.8 Å². The van der Waals surface area contributed by atoms with Crippen molar-refractivity contribution in [3.63, 3.8) is 0 Å². The Morgan fingerprint density at radius 1 is 0.603 bits per heavy atom. The van der Waals surface area contributed by atoms with Crippen molar-refractivity contribution in [3.05, 3.63) is 119 Å². The first-order valence-corrected chi connectivity index (χ1v) is 30.4. The minimum atomic E-state index is -4.02. The minimum Gasteiger partial charge on any atom is -0.465 e. The highest BCUT2D eigenvalue weighted by Crippen LogP contribution is 2.26. The van der Waals surface area contributed by atoms with Crippen molar-refractivity contribution in [2.75, 3.05) is 59.1 Å². The van der Waals surface area contributed by atoms with E-state index in [0.717, 1.165) is 74.0 Å². The molecule has 1 saturated heterocycles. The molecule has 4 atom stereocenters. The maximum absolute atomic E-state index is 12.4. The molecule has 4 aromatic carbocycles. The van der Waals surface area contributed by atoms with E-state index in [1.807, 2.05) is 34.6 Å². The topological polar surface area (TPSA) is 383 Å². The van der Waals surface area contributed by atoms with Gasteiger partial charge < -0.3 is 42.0 Å². The predicted octanol–water partition coefficient (Wildman–Crippen LogP) is 4.85. The second-order valence-corrected chi connectivity index (χ2v) is 23.2. The monoisotopic (exact) mass is 1170 g/mol. The van der Waals surface area contributed by atoms with Gasteiger partial charge in [-0.2, -0.15) is 33.7 Å². The van der Waals surface area contributed by atoms with Gasteiger partial charge in [0.15, 0.2) is 0 Å². The summed E-state index contributed by atoms with van der Waals surface area (Å²) in [6.07, 6.45) is 7.67. The summed E-state index contributed by atoms with van der Waals surface area (Å²) in [5.74, 6) is -0.342. The quantitative estimate of drug-likeness (QED) is 0.0125. The van der Waals surface area contributed by atoms with Crippen molar-refractivity contribution >= 4 is 64.8 Å². The smallest absolute Gasteiger partial charge is 0.323 e. The van der Waals surface area contributed by atoms with Gasteiger partial charge in [-0.25, -0.2) is 0 Å². The molecule has 1 aliphatic rings. The van der Waals surface area contributed by atoms with E-state index in [9.17, 15) is 43.3 Å². The van der Waals surface area contributed by atoms with Crippen LogP contribution < -0.4 is 21.7 Å². The number of esters is 1. The summed E-state index contributed by atoms with van der Waals surface area (Å²) in [6.45, 7) is 14.5. The fraction of sp³-hybridized carbons (Fsp3) is 0.451. The number of hydrogen-bond acceptors (Lipinski definition) is 18. The van der Waals surface area contributed by atoms with Crippen LogP contribution in [0.25, 0.3) is 0 Å². The van der Waals surface area contributed by atoms with E-state index in [1.165, 1.54) is 61.0 Å². The van der Waals surface area contributed by atoms with Gasteiger partial charge in [-0.05, 0) is 122 Å². The van der Waals surface area contributed by atoms with Crippen LogP contribution in [0.3, 0.4) is 0 Å². The standard InChI is InChI=1S/C23H45N7O4.4C7H8O3S/c1-2-34-23(32)21(8-4-6-12-28-14-10-25)30-17-19(30)18-33-16-15-29-22(31)20(26)7-3-5-11-27-13-9-24;4*1-6-2-4-7(5-3-6)11(8,9)10/h9-10,19-21,24-25,27-28H,2-8,11-18,26H2,1H3,(H,29,31);4*2-5H,1H3,(H,8,9,10). The molecule has 0 aromatic heterocycles. The van der Waals surface area contributed by atoms with Crippen LogP contribution in [0.2, 0.25) is 0 Å². The lowest BCUT2D eigenvalue weighted by molar-refractivity contribution is -0.148. The van der Waals surface area contributed by atoms with Crippen LogP contribution >= 0.6 is 0 Å². The zero-order chi connectivity index (χ0) is 59.0. The predicted molar refractivity (Wildman–Crippen MR) is 298 cm³/mol. The maximum Gasteiger partial charge on any atom is 0.323 e. The summed E-state index contributed by atoms with van der Waals surface area (Å²) in [5.41, 5.74) is 9.76. The zero-order valence-electron chi connectivity index (χ0n) is 44.6. The molecule has 0 spiro atoms. The van der Waals surface area contributed by atoms with Gasteiger partial charge >= 0.3 is 5.97 Å². The highest BCUT2D eigenvalue weighted by Gasteiger charge is 2.43. The highest BCUT2D eigenvalue weighted by molar-refractivity contribution is 7.86. The molecule has 1 aliphatic heterocycles. The molecule has 0 radical (unpaired) electrons. The fourth-order valence-electron chi connectivity index (χ4n) is 6.50. The zero-order valence-corrected chi connectivity index (χ0v) is 47.8. The molecule has 4 unspecified atom stereocenters. The second kappa shape index (κ2) is 36.7. The Labute approximate surface area is 460 Å². The van der Waals surface area contributed by atoms with Gasteiger partial charge in [0.05, 0.1) is 45.4 Å². The average Bonchev–Trinajstić information content (AvgIpc) is 4.14. The van der Waals surface area contributed by atoms with Crippen LogP contribution in [-0.2, 0) is 59.5 Å². The van der Waals surface area contributed by atoms with Gasteiger partial charge in [-0.3, -0.25) is 32.7 Å². The van der Waals surface area contributed by atoms with Crippen molar-refractivity contribution in [2.24, 2.45) is 5.73 Å². The summed E-state index contributed by atoms with van der Waals surface area (Å²) in [6, 6.07) is 23.4.